The lowest BCUT2D eigenvalue weighted by atomic mass is 10.2. The third kappa shape index (κ3) is 7.42. The van der Waals surface area contributed by atoms with Gasteiger partial charge >= 0.3 is 0 Å². The van der Waals surface area contributed by atoms with Crippen LogP contribution in [0.2, 0.25) is 0 Å². The van der Waals surface area contributed by atoms with E-state index in [1.165, 1.54) is 6.92 Å². The highest BCUT2D eigenvalue weighted by Crippen LogP contribution is 2.16. The van der Waals surface area contributed by atoms with Crippen molar-refractivity contribution in [1.82, 2.24) is 0 Å². The highest BCUT2D eigenvalue weighted by Gasteiger charge is 2.05. The molecule has 8 nitrogen and oxygen atoms in total. The van der Waals surface area contributed by atoms with E-state index in [4.69, 9.17) is 4.74 Å². The first-order valence-corrected chi connectivity index (χ1v) is 9.74. The van der Waals surface area contributed by atoms with Gasteiger partial charge in [0.1, 0.15) is 11.5 Å². The van der Waals surface area contributed by atoms with Crippen molar-refractivity contribution in [3.05, 3.63) is 83.9 Å². The maximum atomic E-state index is 12.1. The fraction of sp³-hybridized carbons (Fsp3) is 0.0833. The fourth-order valence-corrected chi connectivity index (χ4v) is 2.63. The maximum Gasteiger partial charge on any atom is 0.262 e. The predicted octanol–water partition coefficient (Wildman–Crippen LogP) is 3.82. The molecule has 2 amide bonds. The van der Waals surface area contributed by atoms with E-state index in [0.29, 0.717) is 17.1 Å². The summed E-state index contributed by atoms with van der Waals surface area (Å²) in [5.74, 6) is 0.229. The van der Waals surface area contributed by atoms with Crippen molar-refractivity contribution in [1.29, 1.82) is 0 Å². The van der Waals surface area contributed by atoms with Gasteiger partial charge in [-0.25, -0.2) is 0 Å². The first kappa shape index (κ1) is 22.2. The quantitative estimate of drug-likeness (QED) is 0.372. The molecule has 0 aromatic heterocycles. The molecule has 0 aliphatic carbocycles. The molecule has 3 aromatic rings. The molecule has 0 saturated carbocycles. The number of rotatable bonds is 8. The van der Waals surface area contributed by atoms with Crippen LogP contribution in [0.1, 0.15) is 18.1 Å². The van der Waals surface area contributed by atoms with E-state index in [9.17, 15) is 14.7 Å². The Hall–Kier alpha value is -4.46. The van der Waals surface area contributed by atoms with Crippen molar-refractivity contribution in [2.45, 2.75) is 6.92 Å². The molecule has 0 aliphatic heterocycles. The number of phenolic OH excluding ortho intramolecular Hbond substituents is 1. The van der Waals surface area contributed by atoms with Crippen LogP contribution in [0.25, 0.3) is 0 Å². The van der Waals surface area contributed by atoms with Gasteiger partial charge in [-0.3, -0.25) is 9.59 Å². The molecular weight excluding hydrogens is 408 g/mol. The summed E-state index contributed by atoms with van der Waals surface area (Å²) in [4.78, 5) is 23.3. The average molecular weight is 430 g/mol. The Balaban J connectivity index is 1.46. The molecule has 3 rings (SSSR count). The van der Waals surface area contributed by atoms with Gasteiger partial charge < -0.3 is 20.5 Å². The van der Waals surface area contributed by atoms with Crippen molar-refractivity contribution < 1.29 is 19.4 Å². The second-order valence-electron chi connectivity index (χ2n) is 6.75. The molecule has 3 N–H and O–H groups in total. The van der Waals surface area contributed by atoms with Crippen LogP contribution >= 0.6 is 0 Å². The van der Waals surface area contributed by atoms with Crippen LogP contribution in [0, 0.1) is 0 Å². The van der Waals surface area contributed by atoms with Crippen LogP contribution in [0.3, 0.4) is 0 Å². The van der Waals surface area contributed by atoms with Gasteiger partial charge in [0, 0.05) is 18.3 Å². The number of aromatic hydroxyl groups is 1. The summed E-state index contributed by atoms with van der Waals surface area (Å²) in [6.07, 6.45) is 3.17. The summed E-state index contributed by atoms with van der Waals surface area (Å²) >= 11 is 0. The SMILES string of the molecule is CC(=O)Nc1cccc(NC(=O)COc2ccc(/C=N\N=C/c3ccc(O)cc3)cc2)c1. The van der Waals surface area contributed by atoms with Crippen LogP contribution in [-0.2, 0) is 9.59 Å². The van der Waals surface area contributed by atoms with Crippen LogP contribution < -0.4 is 15.4 Å². The lowest BCUT2D eigenvalue weighted by Gasteiger charge is -2.09. The van der Waals surface area contributed by atoms with E-state index < -0.39 is 0 Å². The van der Waals surface area contributed by atoms with Gasteiger partial charge in [-0.15, -0.1) is 0 Å². The average Bonchev–Trinajstić information content (AvgIpc) is 2.77. The Labute approximate surface area is 185 Å². The van der Waals surface area contributed by atoms with Gasteiger partial charge in [-0.2, -0.15) is 10.2 Å². The molecule has 3 aromatic carbocycles. The van der Waals surface area contributed by atoms with Crippen LogP contribution in [-0.4, -0.2) is 36.0 Å². The molecular formula is C24H22N4O4. The summed E-state index contributed by atoms with van der Waals surface area (Å²) < 4.78 is 5.51. The lowest BCUT2D eigenvalue weighted by molar-refractivity contribution is -0.118. The molecule has 0 heterocycles. The van der Waals surface area contributed by atoms with E-state index in [0.717, 1.165) is 11.1 Å². The Morgan fingerprint density at radius 3 is 2.03 bits per heavy atom. The smallest absolute Gasteiger partial charge is 0.262 e. The van der Waals surface area contributed by atoms with E-state index in [1.54, 1.807) is 85.2 Å². The Kier molecular flexibility index (Phi) is 7.69. The third-order valence-electron chi connectivity index (χ3n) is 4.09. The zero-order valence-corrected chi connectivity index (χ0v) is 17.4. The molecule has 162 valence electrons. The second-order valence-corrected chi connectivity index (χ2v) is 6.75. The van der Waals surface area contributed by atoms with E-state index in [1.807, 2.05) is 0 Å². The number of hydrogen-bond donors (Lipinski definition) is 3. The number of amides is 2. The minimum absolute atomic E-state index is 0.158. The summed E-state index contributed by atoms with van der Waals surface area (Å²) in [5.41, 5.74) is 2.80. The van der Waals surface area contributed by atoms with Crippen molar-refractivity contribution in [3.8, 4) is 11.5 Å². The number of hydrogen-bond acceptors (Lipinski definition) is 6. The molecule has 0 bridgehead atoms. The second kappa shape index (κ2) is 11.1. The van der Waals surface area contributed by atoms with Crippen molar-refractivity contribution in [2.24, 2.45) is 10.2 Å². The zero-order chi connectivity index (χ0) is 22.8. The van der Waals surface area contributed by atoms with Crippen molar-refractivity contribution >= 4 is 35.6 Å². The number of anilines is 2. The molecule has 0 radical (unpaired) electrons. The minimum Gasteiger partial charge on any atom is -0.508 e. The largest absolute Gasteiger partial charge is 0.508 e. The van der Waals surface area contributed by atoms with Crippen molar-refractivity contribution in [3.63, 3.8) is 0 Å². The number of benzene rings is 3. The molecule has 8 heteroatoms. The Bertz CT molecular complexity index is 1120. The van der Waals surface area contributed by atoms with Gasteiger partial charge in [0.15, 0.2) is 6.61 Å². The summed E-state index contributed by atoms with van der Waals surface area (Å²) in [7, 11) is 0. The molecule has 0 spiro atoms. The molecule has 0 aliphatic rings. The molecule has 0 saturated heterocycles. The zero-order valence-electron chi connectivity index (χ0n) is 17.4. The number of carbonyl (C=O) groups is 2. The van der Waals surface area contributed by atoms with Crippen LogP contribution in [0.4, 0.5) is 11.4 Å². The Morgan fingerprint density at radius 2 is 1.44 bits per heavy atom. The summed E-state index contributed by atoms with van der Waals surface area (Å²) in [5, 5.41) is 22.6. The molecule has 32 heavy (non-hydrogen) atoms. The summed E-state index contributed by atoms with van der Waals surface area (Å²) in [6.45, 7) is 1.26. The molecule has 0 unspecified atom stereocenters. The lowest BCUT2D eigenvalue weighted by Crippen LogP contribution is -2.20. The Morgan fingerprint density at radius 1 is 0.875 bits per heavy atom. The van der Waals surface area contributed by atoms with Crippen LogP contribution in [0.15, 0.2) is 83.0 Å². The molecule has 0 atom stereocenters. The van der Waals surface area contributed by atoms with E-state index in [2.05, 4.69) is 20.8 Å². The maximum absolute atomic E-state index is 12.1. The number of ether oxygens (including phenoxy) is 1. The van der Waals surface area contributed by atoms with Gasteiger partial charge in [0.2, 0.25) is 5.91 Å². The topological polar surface area (TPSA) is 112 Å². The normalized spacial score (nSPS) is 10.9. The van der Waals surface area contributed by atoms with Crippen molar-refractivity contribution in [2.75, 3.05) is 17.2 Å². The predicted molar refractivity (Wildman–Crippen MR) is 125 cm³/mol. The first-order chi connectivity index (χ1) is 15.5. The van der Waals surface area contributed by atoms with E-state index >= 15 is 0 Å². The highest BCUT2D eigenvalue weighted by molar-refractivity contribution is 5.94. The van der Waals surface area contributed by atoms with Gasteiger partial charge in [0.25, 0.3) is 5.91 Å². The van der Waals surface area contributed by atoms with Crippen LogP contribution in [0.5, 0.6) is 11.5 Å². The summed E-state index contributed by atoms with van der Waals surface area (Å²) in [6, 6.07) is 20.5. The van der Waals surface area contributed by atoms with E-state index in [-0.39, 0.29) is 24.2 Å². The minimum atomic E-state index is -0.320. The van der Waals surface area contributed by atoms with Gasteiger partial charge in [0.05, 0.1) is 12.4 Å². The van der Waals surface area contributed by atoms with Gasteiger partial charge in [-0.05, 0) is 77.9 Å². The van der Waals surface area contributed by atoms with Gasteiger partial charge in [-0.1, -0.05) is 6.07 Å². The number of phenols is 1. The molecule has 0 fully saturated rings. The third-order valence-corrected chi connectivity index (χ3v) is 4.09. The first-order valence-electron chi connectivity index (χ1n) is 9.74. The fourth-order valence-electron chi connectivity index (χ4n) is 2.63. The number of nitrogens with one attached hydrogen (secondary N) is 2. The highest BCUT2D eigenvalue weighted by atomic mass is 16.5. The number of nitrogens with zero attached hydrogens (tertiary/aromatic N) is 2. The monoisotopic (exact) mass is 430 g/mol. The standard InChI is InChI=1S/C24H22N4O4/c1-17(29)27-20-3-2-4-21(13-20)28-24(31)16-32-23-11-7-19(8-12-23)15-26-25-14-18-5-9-22(30)10-6-18/h2-15,30H,16H2,1H3,(H,27,29)(H,28,31)/b25-14-,26-15-. The number of carbonyl (C=O) groups excluding carboxylic acids is 2.